The minimum atomic E-state index is -0.548. The molecular formula is C17H20N4O. The number of anilines is 1. The lowest BCUT2D eigenvalue weighted by Crippen LogP contribution is -2.62. The van der Waals surface area contributed by atoms with Crippen molar-refractivity contribution in [1.29, 1.82) is 0 Å². The minimum absolute atomic E-state index is 0.548. The van der Waals surface area contributed by atoms with Gasteiger partial charge < -0.3 is 10.0 Å². The predicted molar refractivity (Wildman–Crippen MR) is 84.7 cm³/mol. The summed E-state index contributed by atoms with van der Waals surface area (Å²) in [6.45, 7) is 3.37. The van der Waals surface area contributed by atoms with Crippen LogP contribution in [0.2, 0.25) is 0 Å². The van der Waals surface area contributed by atoms with Crippen molar-refractivity contribution < 1.29 is 5.11 Å². The number of aromatic nitrogens is 3. The first kappa shape index (κ1) is 13.6. The summed E-state index contributed by atoms with van der Waals surface area (Å²) in [4.78, 5) is 15.8. The van der Waals surface area contributed by atoms with Gasteiger partial charge in [-0.3, -0.25) is 4.98 Å². The molecule has 2 aromatic heterocycles. The summed E-state index contributed by atoms with van der Waals surface area (Å²) in [6, 6.07) is 3.89. The second kappa shape index (κ2) is 5.02. The first-order chi connectivity index (χ1) is 10.7. The maximum Gasteiger partial charge on any atom is 0.161 e. The number of aryl methyl sites for hydroxylation is 1. The molecule has 0 atom stereocenters. The Labute approximate surface area is 130 Å². The highest BCUT2D eigenvalue weighted by molar-refractivity contribution is 5.62. The van der Waals surface area contributed by atoms with Crippen molar-refractivity contribution in [3.05, 3.63) is 35.8 Å². The van der Waals surface area contributed by atoms with Gasteiger partial charge in [-0.15, -0.1) is 0 Å². The number of fused-ring (bicyclic) bond motifs is 1. The minimum Gasteiger partial charge on any atom is -0.386 e. The molecule has 114 valence electrons. The topological polar surface area (TPSA) is 62.1 Å². The second-order valence-electron chi connectivity index (χ2n) is 6.32. The first-order valence-corrected chi connectivity index (χ1v) is 7.96. The fourth-order valence-corrected chi connectivity index (χ4v) is 3.34. The third kappa shape index (κ3) is 2.16. The number of rotatable bonds is 3. The largest absolute Gasteiger partial charge is 0.386 e. The molecule has 1 N–H and O–H groups in total. The van der Waals surface area contributed by atoms with Crippen LogP contribution in [-0.2, 0) is 12.8 Å². The Morgan fingerprint density at radius 3 is 2.68 bits per heavy atom. The highest BCUT2D eigenvalue weighted by Crippen LogP contribution is 2.36. The van der Waals surface area contributed by atoms with E-state index in [1.54, 1.807) is 12.4 Å². The van der Waals surface area contributed by atoms with Gasteiger partial charge in [0.15, 0.2) is 5.82 Å². The van der Waals surface area contributed by atoms with Crippen LogP contribution < -0.4 is 4.90 Å². The Kier molecular flexibility index (Phi) is 3.11. The van der Waals surface area contributed by atoms with E-state index in [1.165, 1.54) is 11.3 Å². The van der Waals surface area contributed by atoms with E-state index in [9.17, 15) is 5.11 Å². The molecule has 0 unspecified atom stereocenters. The SMILES string of the molecule is CCC1(O)CN(c2nc(-c3ccncc3)nc3c2CCC3)C1. The average Bonchev–Trinajstić information content (AvgIpc) is 3.00. The van der Waals surface area contributed by atoms with E-state index < -0.39 is 5.60 Å². The van der Waals surface area contributed by atoms with Gasteiger partial charge in [0.1, 0.15) is 5.82 Å². The van der Waals surface area contributed by atoms with E-state index in [2.05, 4.69) is 9.88 Å². The van der Waals surface area contributed by atoms with Crippen LogP contribution in [0, 0.1) is 0 Å². The standard InChI is InChI=1S/C17H20N4O/c1-2-17(22)10-21(11-17)16-13-4-3-5-14(13)19-15(20-16)12-6-8-18-9-7-12/h6-9,22H,2-5,10-11H2,1H3. The van der Waals surface area contributed by atoms with E-state index in [0.717, 1.165) is 42.9 Å². The number of hydrogen-bond acceptors (Lipinski definition) is 5. The summed E-state index contributed by atoms with van der Waals surface area (Å²) in [6.07, 6.45) is 7.53. The number of pyridine rings is 1. The first-order valence-electron chi connectivity index (χ1n) is 7.96. The summed E-state index contributed by atoms with van der Waals surface area (Å²) in [5.41, 5.74) is 2.89. The van der Waals surface area contributed by atoms with Crippen molar-refractivity contribution in [2.75, 3.05) is 18.0 Å². The summed E-state index contributed by atoms with van der Waals surface area (Å²) >= 11 is 0. The molecule has 0 spiro atoms. The maximum absolute atomic E-state index is 10.3. The van der Waals surface area contributed by atoms with E-state index in [4.69, 9.17) is 9.97 Å². The molecule has 22 heavy (non-hydrogen) atoms. The van der Waals surface area contributed by atoms with Crippen LogP contribution >= 0.6 is 0 Å². The van der Waals surface area contributed by atoms with Gasteiger partial charge in [0, 0.05) is 42.3 Å². The number of hydrogen-bond donors (Lipinski definition) is 1. The van der Waals surface area contributed by atoms with Crippen molar-refractivity contribution >= 4 is 5.82 Å². The molecular weight excluding hydrogens is 276 g/mol. The van der Waals surface area contributed by atoms with Crippen molar-refractivity contribution in [3.8, 4) is 11.4 Å². The van der Waals surface area contributed by atoms with Gasteiger partial charge >= 0.3 is 0 Å². The zero-order valence-electron chi connectivity index (χ0n) is 12.8. The molecule has 0 bridgehead atoms. The van der Waals surface area contributed by atoms with Crippen molar-refractivity contribution in [2.45, 2.75) is 38.2 Å². The van der Waals surface area contributed by atoms with Crippen LogP contribution in [0.1, 0.15) is 31.0 Å². The Balaban J connectivity index is 1.74. The molecule has 0 aromatic carbocycles. The normalized spacial score (nSPS) is 18.9. The van der Waals surface area contributed by atoms with Crippen LogP contribution in [0.25, 0.3) is 11.4 Å². The van der Waals surface area contributed by atoms with Gasteiger partial charge in [0.2, 0.25) is 0 Å². The molecule has 0 saturated carbocycles. The van der Waals surface area contributed by atoms with Crippen molar-refractivity contribution in [3.63, 3.8) is 0 Å². The van der Waals surface area contributed by atoms with Crippen LogP contribution in [0.4, 0.5) is 5.82 Å². The summed E-state index contributed by atoms with van der Waals surface area (Å²) in [7, 11) is 0. The molecule has 1 saturated heterocycles. The van der Waals surface area contributed by atoms with Gasteiger partial charge in [-0.05, 0) is 37.8 Å². The van der Waals surface area contributed by atoms with Crippen molar-refractivity contribution in [1.82, 2.24) is 15.0 Å². The Morgan fingerprint density at radius 1 is 1.18 bits per heavy atom. The second-order valence-corrected chi connectivity index (χ2v) is 6.32. The highest BCUT2D eigenvalue weighted by Gasteiger charge is 2.41. The quantitative estimate of drug-likeness (QED) is 0.938. The zero-order valence-corrected chi connectivity index (χ0v) is 12.8. The van der Waals surface area contributed by atoms with Crippen LogP contribution in [-0.4, -0.2) is 38.7 Å². The molecule has 2 aliphatic rings. The van der Waals surface area contributed by atoms with E-state index in [0.29, 0.717) is 13.1 Å². The lowest BCUT2D eigenvalue weighted by molar-refractivity contribution is 0.00797. The fourth-order valence-electron chi connectivity index (χ4n) is 3.34. The van der Waals surface area contributed by atoms with Gasteiger partial charge in [0.05, 0.1) is 5.60 Å². The number of aliphatic hydroxyl groups is 1. The smallest absolute Gasteiger partial charge is 0.161 e. The fraction of sp³-hybridized carbons (Fsp3) is 0.471. The predicted octanol–water partition coefficient (Wildman–Crippen LogP) is 1.99. The molecule has 4 rings (SSSR count). The average molecular weight is 296 g/mol. The third-order valence-electron chi connectivity index (χ3n) is 4.78. The third-order valence-corrected chi connectivity index (χ3v) is 4.78. The van der Waals surface area contributed by atoms with Crippen LogP contribution in [0.5, 0.6) is 0 Å². The molecule has 1 aliphatic carbocycles. The molecule has 0 amide bonds. The molecule has 5 nitrogen and oxygen atoms in total. The van der Waals surface area contributed by atoms with Gasteiger partial charge in [0.25, 0.3) is 0 Å². The molecule has 1 aliphatic heterocycles. The summed E-state index contributed by atoms with van der Waals surface area (Å²) in [5, 5.41) is 10.3. The number of β-amino-alcohol motifs (C(OH)–C–C–N with tert-alkyl or cyclic N) is 1. The molecule has 0 radical (unpaired) electrons. The maximum atomic E-state index is 10.3. The summed E-state index contributed by atoms with van der Waals surface area (Å²) < 4.78 is 0. The lowest BCUT2D eigenvalue weighted by atomic mass is 9.91. The molecule has 2 aromatic rings. The van der Waals surface area contributed by atoms with Crippen LogP contribution in [0.15, 0.2) is 24.5 Å². The molecule has 5 heteroatoms. The number of nitrogens with zero attached hydrogens (tertiary/aromatic N) is 4. The highest BCUT2D eigenvalue weighted by atomic mass is 16.3. The summed E-state index contributed by atoms with van der Waals surface area (Å²) in [5.74, 6) is 1.79. The van der Waals surface area contributed by atoms with E-state index in [-0.39, 0.29) is 0 Å². The lowest BCUT2D eigenvalue weighted by Gasteiger charge is -2.47. The Hall–Kier alpha value is -2.01. The van der Waals surface area contributed by atoms with Crippen LogP contribution in [0.3, 0.4) is 0 Å². The molecule has 3 heterocycles. The van der Waals surface area contributed by atoms with Gasteiger partial charge in [-0.1, -0.05) is 6.92 Å². The van der Waals surface area contributed by atoms with E-state index in [1.807, 2.05) is 19.1 Å². The van der Waals surface area contributed by atoms with Crippen molar-refractivity contribution in [2.24, 2.45) is 0 Å². The molecule has 1 fully saturated rings. The Morgan fingerprint density at radius 2 is 1.95 bits per heavy atom. The van der Waals surface area contributed by atoms with Gasteiger partial charge in [-0.25, -0.2) is 9.97 Å². The van der Waals surface area contributed by atoms with E-state index >= 15 is 0 Å². The Bertz CT molecular complexity index is 695. The zero-order chi connectivity index (χ0) is 15.2. The monoisotopic (exact) mass is 296 g/mol. The van der Waals surface area contributed by atoms with Gasteiger partial charge in [-0.2, -0.15) is 0 Å².